The second kappa shape index (κ2) is 5.03. The Balaban J connectivity index is 1.91. The summed E-state index contributed by atoms with van der Waals surface area (Å²) in [5.41, 5.74) is -0.00879. The quantitative estimate of drug-likeness (QED) is 0.913. The lowest BCUT2D eigenvalue weighted by molar-refractivity contribution is 0.0919. The summed E-state index contributed by atoms with van der Waals surface area (Å²) in [5.74, 6) is -0.571. The predicted molar refractivity (Wildman–Crippen MR) is 85.7 cm³/mol. The maximum Gasteiger partial charge on any atom is 0.262 e. The van der Waals surface area contributed by atoms with E-state index in [4.69, 9.17) is 0 Å². The molecular formula is C15H16FNO3S2. The second-order valence-corrected chi connectivity index (χ2v) is 9.29. The van der Waals surface area contributed by atoms with E-state index in [0.29, 0.717) is 11.3 Å². The molecule has 1 saturated heterocycles. The largest absolute Gasteiger partial charge is 0.345 e. The number of fused-ring (bicyclic) bond motifs is 1. The van der Waals surface area contributed by atoms with E-state index >= 15 is 0 Å². The van der Waals surface area contributed by atoms with Crippen molar-refractivity contribution in [3.8, 4) is 0 Å². The zero-order valence-electron chi connectivity index (χ0n) is 12.3. The van der Waals surface area contributed by atoms with Gasteiger partial charge in [0, 0.05) is 4.70 Å². The molecule has 1 N–H and O–H groups in total. The van der Waals surface area contributed by atoms with Crippen LogP contribution < -0.4 is 5.32 Å². The Morgan fingerprint density at radius 2 is 2.14 bits per heavy atom. The Morgan fingerprint density at radius 1 is 1.41 bits per heavy atom. The molecule has 1 amide bonds. The number of amides is 1. The van der Waals surface area contributed by atoms with Gasteiger partial charge in [-0.05, 0) is 49.4 Å². The summed E-state index contributed by atoms with van der Waals surface area (Å²) >= 11 is 1.29. The molecule has 4 nitrogen and oxygen atoms in total. The molecule has 1 aromatic heterocycles. The van der Waals surface area contributed by atoms with E-state index < -0.39 is 15.4 Å². The minimum Gasteiger partial charge on any atom is -0.345 e. The van der Waals surface area contributed by atoms with Crippen molar-refractivity contribution in [2.24, 2.45) is 0 Å². The molecule has 0 bridgehead atoms. The molecule has 1 unspecified atom stereocenters. The third kappa shape index (κ3) is 2.75. The van der Waals surface area contributed by atoms with Gasteiger partial charge in [0.2, 0.25) is 0 Å². The average Bonchev–Trinajstić information content (AvgIpc) is 2.87. The molecule has 1 aromatic carbocycles. The highest BCUT2D eigenvalue weighted by molar-refractivity contribution is 7.91. The van der Waals surface area contributed by atoms with Crippen LogP contribution in [0.3, 0.4) is 0 Å². The predicted octanol–water partition coefficient (Wildman–Crippen LogP) is 2.66. The molecule has 1 aliphatic heterocycles. The number of hydrogen-bond donors (Lipinski definition) is 1. The fourth-order valence-corrected chi connectivity index (χ4v) is 6.03. The number of aryl methyl sites for hydroxylation is 1. The Bertz CT molecular complexity index is 872. The number of carbonyl (C=O) groups excluding carboxylic acids is 1. The molecule has 1 fully saturated rings. The summed E-state index contributed by atoms with van der Waals surface area (Å²) in [5, 5.41) is 3.56. The lowest BCUT2D eigenvalue weighted by Gasteiger charge is -2.23. The second-order valence-electron chi connectivity index (χ2n) is 6.05. The van der Waals surface area contributed by atoms with E-state index in [1.54, 1.807) is 19.9 Å². The van der Waals surface area contributed by atoms with Crippen LogP contribution in [0.25, 0.3) is 10.1 Å². The summed E-state index contributed by atoms with van der Waals surface area (Å²) in [4.78, 5) is 13.0. The van der Waals surface area contributed by atoms with Crippen molar-refractivity contribution in [1.29, 1.82) is 0 Å². The monoisotopic (exact) mass is 341 g/mol. The van der Waals surface area contributed by atoms with Crippen LogP contribution in [-0.4, -0.2) is 31.4 Å². The molecule has 3 rings (SSSR count). The molecular weight excluding hydrogens is 325 g/mol. The molecule has 1 aliphatic rings. The summed E-state index contributed by atoms with van der Waals surface area (Å²) in [7, 11) is -3.08. The van der Waals surface area contributed by atoms with Crippen molar-refractivity contribution in [2.45, 2.75) is 25.8 Å². The molecule has 22 heavy (non-hydrogen) atoms. The van der Waals surface area contributed by atoms with E-state index in [2.05, 4.69) is 5.32 Å². The van der Waals surface area contributed by atoms with Gasteiger partial charge in [0.05, 0.1) is 21.9 Å². The first-order chi connectivity index (χ1) is 10.2. The van der Waals surface area contributed by atoms with Crippen molar-refractivity contribution < 1.29 is 17.6 Å². The van der Waals surface area contributed by atoms with E-state index in [1.807, 2.05) is 0 Å². The first-order valence-electron chi connectivity index (χ1n) is 6.91. The topological polar surface area (TPSA) is 63.2 Å². The number of sulfone groups is 1. The SMILES string of the molecule is Cc1c(C(=O)NC2(C)CCS(=O)(=O)C2)sc2ccc(F)cc12. The van der Waals surface area contributed by atoms with Crippen molar-refractivity contribution in [2.75, 3.05) is 11.5 Å². The van der Waals surface area contributed by atoms with Crippen molar-refractivity contribution in [1.82, 2.24) is 5.32 Å². The van der Waals surface area contributed by atoms with Crippen LogP contribution in [0.2, 0.25) is 0 Å². The Labute approximate surface area is 132 Å². The minimum atomic E-state index is -3.08. The number of nitrogens with one attached hydrogen (secondary N) is 1. The van der Waals surface area contributed by atoms with Crippen molar-refractivity contribution in [3.05, 3.63) is 34.5 Å². The molecule has 0 spiro atoms. The zero-order valence-corrected chi connectivity index (χ0v) is 13.9. The summed E-state index contributed by atoms with van der Waals surface area (Å²) in [6.07, 6.45) is 0.416. The van der Waals surface area contributed by atoms with Crippen LogP contribution >= 0.6 is 11.3 Å². The third-order valence-corrected chi connectivity index (χ3v) is 7.20. The molecule has 2 heterocycles. The number of rotatable bonds is 2. The van der Waals surface area contributed by atoms with E-state index in [-0.39, 0.29) is 23.2 Å². The maximum absolute atomic E-state index is 13.3. The Hall–Kier alpha value is -1.47. The minimum absolute atomic E-state index is 0.0374. The number of benzene rings is 1. The number of carbonyl (C=O) groups is 1. The number of hydrogen-bond acceptors (Lipinski definition) is 4. The van der Waals surface area contributed by atoms with Crippen LogP contribution in [-0.2, 0) is 9.84 Å². The lowest BCUT2D eigenvalue weighted by atomic mass is 10.0. The van der Waals surface area contributed by atoms with Gasteiger partial charge >= 0.3 is 0 Å². The van der Waals surface area contributed by atoms with E-state index in [1.165, 1.54) is 23.5 Å². The lowest BCUT2D eigenvalue weighted by Crippen LogP contribution is -2.46. The fraction of sp³-hybridized carbons (Fsp3) is 0.400. The molecule has 118 valence electrons. The van der Waals surface area contributed by atoms with Crippen LogP contribution in [0, 0.1) is 12.7 Å². The fourth-order valence-electron chi connectivity index (χ4n) is 2.85. The highest BCUT2D eigenvalue weighted by atomic mass is 32.2. The summed E-state index contributed by atoms with van der Waals surface area (Å²) < 4.78 is 37.4. The van der Waals surface area contributed by atoms with Crippen LogP contribution in [0.5, 0.6) is 0 Å². The van der Waals surface area contributed by atoms with Gasteiger partial charge in [0.1, 0.15) is 5.82 Å². The van der Waals surface area contributed by atoms with E-state index in [9.17, 15) is 17.6 Å². The molecule has 7 heteroatoms. The molecule has 1 atom stereocenters. The van der Waals surface area contributed by atoms with Crippen LogP contribution in [0.1, 0.15) is 28.6 Å². The standard InChI is InChI=1S/C15H16FNO3S2/c1-9-11-7-10(16)3-4-12(11)21-13(9)14(18)17-15(2)5-6-22(19,20)8-15/h3-4,7H,5-6,8H2,1-2H3,(H,17,18). The number of halogens is 1. The molecule has 0 aliphatic carbocycles. The van der Waals surface area contributed by atoms with Crippen molar-refractivity contribution >= 4 is 37.2 Å². The van der Waals surface area contributed by atoms with Crippen LogP contribution in [0.15, 0.2) is 18.2 Å². The summed E-state index contributed by atoms with van der Waals surface area (Å²) in [6, 6.07) is 4.44. The Kier molecular flexibility index (Phi) is 3.52. The van der Waals surface area contributed by atoms with Gasteiger partial charge in [-0.1, -0.05) is 0 Å². The number of thiophene rings is 1. The van der Waals surface area contributed by atoms with Gasteiger partial charge in [-0.25, -0.2) is 12.8 Å². The summed E-state index contributed by atoms with van der Waals surface area (Å²) in [6.45, 7) is 3.53. The molecule has 0 radical (unpaired) electrons. The third-order valence-electron chi connectivity index (χ3n) is 4.02. The van der Waals surface area contributed by atoms with Gasteiger partial charge in [-0.3, -0.25) is 4.79 Å². The highest BCUT2D eigenvalue weighted by Crippen LogP contribution is 2.32. The maximum atomic E-state index is 13.3. The van der Waals surface area contributed by atoms with Gasteiger partial charge < -0.3 is 5.32 Å². The van der Waals surface area contributed by atoms with Gasteiger partial charge in [-0.15, -0.1) is 11.3 Å². The van der Waals surface area contributed by atoms with Gasteiger partial charge in [0.15, 0.2) is 9.84 Å². The highest BCUT2D eigenvalue weighted by Gasteiger charge is 2.40. The normalized spacial score (nSPS) is 23.8. The molecule has 0 saturated carbocycles. The zero-order chi connectivity index (χ0) is 16.1. The van der Waals surface area contributed by atoms with E-state index in [0.717, 1.165) is 15.6 Å². The molecule has 2 aromatic rings. The first-order valence-corrected chi connectivity index (χ1v) is 9.55. The average molecular weight is 341 g/mol. The smallest absolute Gasteiger partial charge is 0.262 e. The van der Waals surface area contributed by atoms with Crippen LogP contribution in [0.4, 0.5) is 4.39 Å². The van der Waals surface area contributed by atoms with Gasteiger partial charge in [0.25, 0.3) is 5.91 Å². The Morgan fingerprint density at radius 3 is 2.77 bits per heavy atom. The van der Waals surface area contributed by atoms with Gasteiger partial charge in [-0.2, -0.15) is 0 Å². The first kappa shape index (κ1) is 15.4. The van der Waals surface area contributed by atoms with Crippen molar-refractivity contribution in [3.63, 3.8) is 0 Å².